The average Bonchev–Trinajstić information content (AvgIpc) is 3.09. The fourth-order valence-corrected chi connectivity index (χ4v) is 2.38. The van der Waals surface area contributed by atoms with Crippen LogP contribution in [-0.2, 0) is 0 Å². The fourth-order valence-electron chi connectivity index (χ4n) is 1.70. The van der Waals surface area contributed by atoms with Crippen molar-refractivity contribution < 1.29 is 4.74 Å². The first-order valence-corrected chi connectivity index (χ1v) is 6.92. The van der Waals surface area contributed by atoms with Crippen molar-refractivity contribution in [2.45, 2.75) is 18.8 Å². The van der Waals surface area contributed by atoms with Crippen LogP contribution in [0.3, 0.4) is 0 Å². The lowest BCUT2D eigenvalue weighted by Gasteiger charge is -2.07. The summed E-state index contributed by atoms with van der Waals surface area (Å²) < 4.78 is 5.64. The molecule has 19 heavy (non-hydrogen) atoms. The van der Waals surface area contributed by atoms with Gasteiger partial charge >= 0.3 is 0 Å². The normalized spacial score (nSPS) is 14.5. The zero-order valence-corrected chi connectivity index (χ0v) is 12.0. The molecule has 0 bridgehead atoms. The second kappa shape index (κ2) is 5.16. The van der Waals surface area contributed by atoms with Crippen LogP contribution in [0.15, 0.2) is 24.3 Å². The highest BCUT2D eigenvalue weighted by molar-refractivity contribution is 6.34. The number of rotatable bonds is 3. The molecule has 0 atom stereocenters. The molecule has 6 heteroatoms. The maximum Gasteiger partial charge on any atom is 0.224 e. The molecule has 0 spiro atoms. The van der Waals surface area contributed by atoms with E-state index in [-0.39, 0.29) is 0 Å². The van der Waals surface area contributed by atoms with Gasteiger partial charge in [0, 0.05) is 22.0 Å². The zero-order valence-electron chi connectivity index (χ0n) is 9.74. The summed E-state index contributed by atoms with van der Waals surface area (Å²) in [5.41, 5.74) is 0. The highest BCUT2D eigenvalue weighted by Crippen LogP contribution is 2.39. The molecule has 2 aromatic rings. The number of nitrogens with zero attached hydrogens (tertiary/aromatic N) is 2. The minimum absolute atomic E-state index is 0.375. The van der Waals surface area contributed by atoms with Crippen LogP contribution in [0.25, 0.3) is 0 Å². The first-order chi connectivity index (χ1) is 9.10. The van der Waals surface area contributed by atoms with E-state index in [1.807, 2.05) is 0 Å². The second-order valence-corrected chi connectivity index (χ2v) is 5.63. The molecule has 98 valence electrons. The Balaban J connectivity index is 1.89. The summed E-state index contributed by atoms with van der Waals surface area (Å²) in [7, 11) is 0. The third kappa shape index (κ3) is 3.30. The van der Waals surface area contributed by atoms with E-state index >= 15 is 0 Å². The van der Waals surface area contributed by atoms with Gasteiger partial charge in [-0.05, 0) is 31.0 Å². The summed E-state index contributed by atoms with van der Waals surface area (Å²) in [6.07, 6.45) is 2.20. The van der Waals surface area contributed by atoms with Gasteiger partial charge in [-0.25, -0.2) is 4.98 Å². The molecule has 0 amide bonds. The van der Waals surface area contributed by atoms with Gasteiger partial charge in [0.1, 0.15) is 16.7 Å². The van der Waals surface area contributed by atoms with Gasteiger partial charge in [-0.2, -0.15) is 4.98 Å². The van der Waals surface area contributed by atoms with E-state index in [1.54, 1.807) is 24.3 Å². The van der Waals surface area contributed by atoms with Gasteiger partial charge in [-0.3, -0.25) is 0 Å². The number of halogens is 3. The topological polar surface area (TPSA) is 35.0 Å². The van der Waals surface area contributed by atoms with Crippen LogP contribution < -0.4 is 4.74 Å². The first kappa shape index (κ1) is 13.0. The van der Waals surface area contributed by atoms with Crippen LogP contribution in [0.1, 0.15) is 24.6 Å². The van der Waals surface area contributed by atoms with Crippen molar-refractivity contribution in [3.05, 3.63) is 45.3 Å². The van der Waals surface area contributed by atoms with Crippen LogP contribution >= 0.6 is 34.8 Å². The van der Waals surface area contributed by atoms with E-state index < -0.39 is 0 Å². The standard InChI is InChI=1S/C13H9Cl3N2O/c14-8-3-9(15)5-10(4-8)19-12-6-11(16)17-13(18-12)7-1-2-7/h3-7H,1-2H2. The molecule has 1 aliphatic carbocycles. The Kier molecular flexibility index (Phi) is 3.52. The molecule has 1 heterocycles. The lowest BCUT2D eigenvalue weighted by molar-refractivity contribution is 0.458. The Morgan fingerprint density at radius 1 is 0.947 bits per heavy atom. The third-order valence-corrected chi connectivity index (χ3v) is 3.32. The van der Waals surface area contributed by atoms with Crippen molar-refractivity contribution in [3.8, 4) is 11.6 Å². The number of ether oxygens (including phenoxy) is 1. The van der Waals surface area contributed by atoms with Crippen molar-refractivity contribution in [1.29, 1.82) is 0 Å². The minimum atomic E-state index is 0.375. The second-order valence-electron chi connectivity index (χ2n) is 4.37. The minimum Gasteiger partial charge on any atom is -0.439 e. The Bertz CT molecular complexity index is 609. The summed E-state index contributed by atoms with van der Waals surface area (Å²) in [4.78, 5) is 8.54. The van der Waals surface area contributed by atoms with Crippen molar-refractivity contribution in [2.24, 2.45) is 0 Å². The molecule has 0 unspecified atom stereocenters. The quantitative estimate of drug-likeness (QED) is 0.739. The van der Waals surface area contributed by atoms with Crippen molar-refractivity contribution in [1.82, 2.24) is 9.97 Å². The fraction of sp³-hybridized carbons (Fsp3) is 0.231. The van der Waals surface area contributed by atoms with Crippen LogP contribution in [0.4, 0.5) is 0 Å². The van der Waals surface area contributed by atoms with Gasteiger partial charge in [-0.15, -0.1) is 0 Å². The predicted octanol–water partition coefficient (Wildman–Crippen LogP) is 5.11. The third-order valence-electron chi connectivity index (χ3n) is 2.69. The van der Waals surface area contributed by atoms with E-state index in [9.17, 15) is 0 Å². The lowest BCUT2D eigenvalue weighted by atomic mass is 10.3. The number of benzene rings is 1. The molecule has 1 aromatic heterocycles. The van der Waals surface area contributed by atoms with E-state index in [0.717, 1.165) is 18.7 Å². The van der Waals surface area contributed by atoms with Crippen LogP contribution in [0.5, 0.6) is 11.6 Å². The molecule has 1 aromatic carbocycles. The van der Waals surface area contributed by atoms with E-state index in [4.69, 9.17) is 39.5 Å². The largest absolute Gasteiger partial charge is 0.439 e. The molecule has 0 radical (unpaired) electrons. The van der Waals surface area contributed by atoms with Crippen molar-refractivity contribution in [3.63, 3.8) is 0 Å². The highest BCUT2D eigenvalue weighted by atomic mass is 35.5. The van der Waals surface area contributed by atoms with E-state index in [2.05, 4.69) is 9.97 Å². The monoisotopic (exact) mass is 314 g/mol. The van der Waals surface area contributed by atoms with Gasteiger partial charge in [0.2, 0.25) is 5.88 Å². The Morgan fingerprint density at radius 3 is 2.26 bits per heavy atom. The maximum atomic E-state index is 5.97. The summed E-state index contributed by atoms with van der Waals surface area (Å²) in [5.74, 6) is 2.06. The van der Waals surface area contributed by atoms with Gasteiger partial charge in [0.05, 0.1) is 0 Å². The molecule has 1 aliphatic rings. The summed E-state index contributed by atoms with van der Waals surface area (Å²) >= 11 is 17.8. The van der Waals surface area contributed by atoms with E-state index in [1.165, 1.54) is 0 Å². The molecule has 0 N–H and O–H groups in total. The van der Waals surface area contributed by atoms with Gasteiger partial charge < -0.3 is 4.74 Å². The zero-order chi connectivity index (χ0) is 13.4. The average molecular weight is 316 g/mol. The SMILES string of the molecule is Clc1cc(Cl)cc(Oc2cc(Cl)nc(C3CC3)n2)c1. The number of aromatic nitrogens is 2. The van der Waals surface area contributed by atoms with Crippen LogP contribution in [0, 0.1) is 0 Å². The molecule has 0 saturated heterocycles. The summed E-state index contributed by atoms with van der Waals surface area (Å²) in [5, 5.41) is 1.38. The Hall–Kier alpha value is -1.03. The van der Waals surface area contributed by atoms with Crippen LogP contribution in [0.2, 0.25) is 15.2 Å². The molecular formula is C13H9Cl3N2O. The van der Waals surface area contributed by atoms with Gasteiger partial charge in [-0.1, -0.05) is 34.8 Å². The van der Waals surface area contributed by atoms with Crippen molar-refractivity contribution >= 4 is 34.8 Å². The Labute approximate surface area is 125 Å². The van der Waals surface area contributed by atoms with Gasteiger partial charge in [0.15, 0.2) is 0 Å². The predicted molar refractivity (Wildman–Crippen MR) is 75.6 cm³/mol. The molecule has 3 nitrogen and oxygen atoms in total. The molecular weight excluding hydrogens is 307 g/mol. The molecule has 1 fully saturated rings. The van der Waals surface area contributed by atoms with Gasteiger partial charge in [0.25, 0.3) is 0 Å². The van der Waals surface area contributed by atoms with Crippen molar-refractivity contribution in [2.75, 3.05) is 0 Å². The van der Waals surface area contributed by atoms with Crippen LogP contribution in [-0.4, -0.2) is 9.97 Å². The number of hydrogen-bond acceptors (Lipinski definition) is 3. The van der Waals surface area contributed by atoms with E-state index in [0.29, 0.717) is 32.7 Å². The molecule has 0 aliphatic heterocycles. The molecule has 3 rings (SSSR count). The maximum absolute atomic E-state index is 5.97. The number of hydrogen-bond donors (Lipinski definition) is 0. The summed E-state index contributed by atoms with van der Waals surface area (Å²) in [6.45, 7) is 0. The highest BCUT2D eigenvalue weighted by Gasteiger charge is 2.27. The molecule has 1 saturated carbocycles. The Morgan fingerprint density at radius 2 is 1.63 bits per heavy atom. The smallest absolute Gasteiger partial charge is 0.224 e. The lowest BCUT2D eigenvalue weighted by Crippen LogP contribution is -1.96. The first-order valence-electron chi connectivity index (χ1n) is 5.78. The summed E-state index contributed by atoms with van der Waals surface area (Å²) in [6, 6.07) is 6.54.